The van der Waals surface area contributed by atoms with E-state index in [1.807, 2.05) is 0 Å². The molecule has 3 nitrogen and oxygen atoms in total. The molecule has 0 aliphatic heterocycles. The molecule has 0 bridgehead atoms. The number of anilines is 1. The van der Waals surface area contributed by atoms with Crippen molar-refractivity contribution in [3.63, 3.8) is 0 Å². The van der Waals surface area contributed by atoms with Crippen molar-refractivity contribution < 1.29 is 17.9 Å². The third kappa shape index (κ3) is 4.02. The quantitative estimate of drug-likeness (QED) is 0.855. The lowest BCUT2D eigenvalue weighted by molar-refractivity contribution is -0.137. The van der Waals surface area contributed by atoms with E-state index in [2.05, 4.69) is 10.3 Å². The summed E-state index contributed by atoms with van der Waals surface area (Å²) in [6.07, 6.45) is 0.134. The molecule has 1 heterocycles. The monoisotopic (exact) mass is 288 g/mol. The van der Waals surface area contributed by atoms with Crippen molar-refractivity contribution in [2.75, 3.05) is 18.5 Å². The maximum atomic E-state index is 12.8. The molecule has 1 aliphatic carbocycles. The van der Waals surface area contributed by atoms with Crippen LogP contribution in [0.4, 0.5) is 19.0 Å². The first-order valence-corrected chi connectivity index (χ1v) is 6.95. The summed E-state index contributed by atoms with van der Waals surface area (Å²) < 4.78 is 43.8. The molecular weight excluding hydrogens is 269 g/mol. The average molecular weight is 288 g/mol. The average Bonchev–Trinajstić information content (AvgIpc) is 2.31. The molecule has 1 aromatic rings. The second-order valence-corrected chi connectivity index (χ2v) is 5.04. The summed E-state index contributed by atoms with van der Waals surface area (Å²) in [5.74, 6) is 0.894. The van der Waals surface area contributed by atoms with Gasteiger partial charge in [-0.2, -0.15) is 18.2 Å². The van der Waals surface area contributed by atoms with Gasteiger partial charge >= 0.3 is 6.18 Å². The Hall–Kier alpha value is -1.46. The lowest BCUT2D eigenvalue weighted by atomic mass is 9.83. The zero-order valence-corrected chi connectivity index (χ0v) is 11.5. The molecule has 0 atom stereocenters. The maximum absolute atomic E-state index is 12.8. The van der Waals surface area contributed by atoms with E-state index in [1.54, 1.807) is 6.92 Å². The summed E-state index contributed by atoms with van der Waals surface area (Å²) in [5.41, 5.74) is -0.734. The lowest BCUT2D eigenvalue weighted by Crippen LogP contribution is -2.15. The van der Waals surface area contributed by atoms with Crippen LogP contribution in [0.2, 0.25) is 0 Å². The number of halogens is 3. The molecule has 0 unspecified atom stereocenters. The van der Waals surface area contributed by atoms with Crippen LogP contribution in [-0.4, -0.2) is 18.1 Å². The summed E-state index contributed by atoms with van der Waals surface area (Å²) in [6, 6.07) is 1.96. The number of aromatic nitrogens is 1. The fourth-order valence-corrected chi connectivity index (χ4v) is 2.13. The van der Waals surface area contributed by atoms with Gasteiger partial charge in [-0.3, -0.25) is 0 Å². The number of hydrogen-bond donors (Lipinski definition) is 1. The number of ether oxygens (including phenoxy) is 1. The molecule has 2 rings (SSSR count). The van der Waals surface area contributed by atoms with Crippen molar-refractivity contribution >= 4 is 5.82 Å². The molecule has 0 aromatic carbocycles. The first kappa shape index (κ1) is 14.9. The van der Waals surface area contributed by atoms with Crippen LogP contribution in [0.5, 0.6) is 5.88 Å². The molecule has 1 aromatic heterocycles. The fourth-order valence-electron chi connectivity index (χ4n) is 2.13. The third-order valence-electron chi connectivity index (χ3n) is 3.49. The normalized spacial score (nSPS) is 15.8. The van der Waals surface area contributed by atoms with Crippen molar-refractivity contribution in [3.8, 4) is 5.88 Å². The van der Waals surface area contributed by atoms with E-state index in [0.29, 0.717) is 19.1 Å². The number of alkyl halides is 3. The summed E-state index contributed by atoms with van der Waals surface area (Å²) in [4.78, 5) is 4.04. The predicted molar refractivity (Wildman–Crippen MR) is 70.9 cm³/mol. The van der Waals surface area contributed by atoms with E-state index in [0.717, 1.165) is 18.6 Å². The van der Waals surface area contributed by atoms with Crippen molar-refractivity contribution in [1.82, 2.24) is 4.98 Å². The van der Waals surface area contributed by atoms with E-state index < -0.39 is 11.7 Å². The van der Waals surface area contributed by atoms with Crippen molar-refractivity contribution in [2.45, 2.75) is 38.8 Å². The van der Waals surface area contributed by atoms with Crippen LogP contribution in [-0.2, 0) is 6.18 Å². The van der Waals surface area contributed by atoms with Gasteiger partial charge in [0, 0.05) is 12.6 Å². The fraction of sp³-hybridized carbons (Fsp3) is 0.643. The SMILES string of the molecule is CCNc1cc(C(F)(F)F)cc(OCCC2CCC2)n1. The van der Waals surface area contributed by atoms with Crippen molar-refractivity contribution in [1.29, 1.82) is 0 Å². The van der Waals surface area contributed by atoms with Crippen LogP contribution in [0.3, 0.4) is 0 Å². The Morgan fingerprint density at radius 3 is 2.65 bits per heavy atom. The van der Waals surface area contributed by atoms with Crippen LogP contribution >= 0.6 is 0 Å². The van der Waals surface area contributed by atoms with Gasteiger partial charge in [0.1, 0.15) is 5.82 Å². The minimum Gasteiger partial charge on any atom is -0.478 e. The van der Waals surface area contributed by atoms with Crippen LogP contribution in [0.1, 0.15) is 38.2 Å². The second kappa shape index (κ2) is 6.33. The molecule has 1 fully saturated rings. The molecule has 20 heavy (non-hydrogen) atoms. The van der Waals surface area contributed by atoms with E-state index >= 15 is 0 Å². The Kier molecular flexibility index (Phi) is 4.73. The minimum atomic E-state index is -4.39. The summed E-state index contributed by atoms with van der Waals surface area (Å²) in [7, 11) is 0. The van der Waals surface area contributed by atoms with Gasteiger partial charge in [0.15, 0.2) is 0 Å². The van der Waals surface area contributed by atoms with Gasteiger partial charge in [-0.15, -0.1) is 0 Å². The smallest absolute Gasteiger partial charge is 0.416 e. The highest BCUT2D eigenvalue weighted by molar-refractivity contribution is 5.42. The van der Waals surface area contributed by atoms with Crippen LogP contribution in [0.15, 0.2) is 12.1 Å². The van der Waals surface area contributed by atoms with Crippen LogP contribution in [0.25, 0.3) is 0 Å². The molecule has 0 amide bonds. The first-order valence-electron chi connectivity index (χ1n) is 6.95. The van der Waals surface area contributed by atoms with Gasteiger partial charge < -0.3 is 10.1 Å². The predicted octanol–water partition coefficient (Wildman–Crippen LogP) is 4.10. The molecule has 112 valence electrons. The number of hydrogen-bond acceptors (Lipinski definition) is 3. The molecule has 0 spiro atoms. The number of nitrogens with one attached hydrogen (secondary N) is 1. The first-order chi connectivity index (χ1) is 9.49. The summed E-state index contributed by atoms with van der Waals surface area (Å²) >= 11 is 0. The van der Waals surface area contributed by atoms with E-state index in [1.165, 1.54) is 19.3 Å². The molecule has 0 radical (unpaired) electrons. The minimum absolute atomic E-state index is 0.0371. The zero-order chi connectivity index (χ0) is 14.6. The summed E-state index contributed by atoms with van der Waals surface area (Å²) in [6.45, 7) is 2.74. The van der Waals surface area contributed by atoms with Gasteiger partial charge in [-0.05, 0) is 25.3 Å². The molecule has 1 saturated carbocycles. The van der Waals surface area contributed by atoms with Crippen LogP contribution < -0.4 is 10.1 Å². The number of pyridine rings is 1. The Labute approximate surface area is 116 Å². The van der Waals surface area contributed by atoms with Gasteiger partial charge in [0.2, 0.25) is 5.88 Å². The molecule has 6 heteroatoms. The third-order valence-corrected chi connectivity index (χ3v) is 3.49. The van der Waals surface area contributed by atoms with E-state index in [4.69, 9.17) is 4.74 Å². The topological polar surface area (TPSA) is 34.1 Å². The van der Waals surface area contributed by atoms with Gasteiger partial charge in [-0.25, -0.2) is 0 Å². The van der Waals surface area contributed by atoms with Gasteiger partial charge in [0.05, 0.1) is 12.2 Å². The molecular formula is C14H19F3N2O. The van der Waals surface area contributed by atoms with Crippen molar-refractivity contribution in [3.05, 3.63) is 17.7 Å². The zero-order valence-electron chi connectivity index (χ0n) is 11.5. The Bertz CT molecular complexity index is 445. The molecule has 0 saturated heterocycles. The van der Waals surface area contributed by atoms with E-state index in [-0.39, 0.29) is 11.7 Å². The Morgan fingerprint density at radius 1 is 1.35 bits per heavy atom. The van der Waals surface area contributed by atoms with Gasteiger partial charge in [0.25, 0.3) is 0 Å². The highest BCUT2D eigenvalue weighted by Crippen LogP contribution is 2.33. The van der Waals surface area contributed by atoms with Crippen molar-refractivity contribution in [2.24, 2.45) is 5.92 Å². The Morgan fingerprint density at radius 2 is 2.10 bits per heavy atom. The summed E-state index contributed by atoms with van der Waals surface area (Å²) in [5, 5.41) is 2.79. The van der Waals surface area contributed by atoms with Crippen LogP contribution in [0, 0.1) is 5.92 Å². The highest BCUT2D eigenvalue weighted by Gasteiger charge is 2.32. The number of rotatable bonds is 6. The standard InChI is InChI=1S/C14H19F3N2O/c1-2-18-12-8-11(14(15,16)17)9-13(19-12)20-7-6-10-4-3-5-10/h8-10H,2-7H2,1H3,(H,18,19). The van der Waals surface area contributed by atoms with Gasteiger partial charge in [-0.1, -0.05) is 19.3 Å². The highest BCUT2D eigenvalue weighted by atomic mass is 19.4. The Balaban J connectivity index is 2.03. The van der Waals surface area contributed by atoms with E-state index in [9.17, 15) is 13.2 Å². The largest absolute Gasteiger partial charge is 0.478 e. The second-order valence-electron chi connectivity index (χ2n) is 5.04. The maximum Gasteiger partial charge on any atom is 0.416 e. The molecule has 1 aliphatic rings. The lowest BCUT2D eigenvalue weighted by Gasteiger charge is -2.24. The number of nitrogens with zero attached hydrogens (tertiary/aromatic N) is 1. The molecule has 1 N–H and O–H groups in total.